The summed E-state index contributed by atoms with van der Waals surface area (Å²) in [6.07, 6.45) is 1.25. The number of rotatable bonds is 1. The third kappa shape index (κ3) is 2.01. The molecular formula is C12H16BrN. The van der Waals surface area contributed by atoms with Crippen LogP contribution in [-0.4, -0.2) is 13.1 Å². The highest BCUT2D eigenvalue weighted by molar-refractivity contribution is 9.10. The molecule has 2 heteroatoms. The Morgan fingerprint density at radius 3 is 2.86 bits per heavy atom. The van der Waals surface area contributed by atoms with Crippen LogP contribution in [0, 0.1) is 5.92 Å². The number of hydrogen-bond donors (Lipinski definition) is 1. The van der Waals surface area contributed by atoms with E-state index >= 15 is 0 Å². The molecule has 0 radical (unpaired) electrons. The van der Waals surface area contributed by atoms with Gasteiger partial charge in [-0.2, -0.15) is 0 Å². The van der Waals surface area contributed by atoms with Gasteiger partial charge in [-0.25, -0.2) is 0 Å². The summed E-state index contributed by atoms with van der Waals surface area (Å²) in [6, 6.07) is 8.61. The Morgan fingerprint density at radius 1 is 1.36 bits per heavy atom. The highest BCUT2D eigenvalue weighted by Crippen LogP contribution is 2.34. The van der Waals surface area contributed by atoms with E-state index in [0.717, 1.165) is 19.0 Å². The van der Waals surface area contributed by atoms with Crippen LogP contribution in [0.5, 0.6) is 0 Å². The van der Waals surface area contributed by atoms with Gasteiger partial charge in [-0.05, 0) is 43.0 Å². The van der Waals surface area contributed by atoms with E-state index in [0.29, 0.717) is 5.92 Å². The zero-order valence-electron chi connectivity index (χ0n) is 8.46. The molecule has 0 amide bonds. The molecule has 1 aliphatic rings. The van der Waals surface area contributed by atoms with Crippen molar-refractivity contribution in [2.75, 3.05) is 13.1 Å². The maximum atomic E-state index is 3.64. The van der Waals surface area contributed by atoms with Gasteiger partial charge in [0.25, 0.3) is 0 Å². The van der Waals surface area contributed by atoms with Gasteiger partial charge in [-0.3, -0.25) is 0 Å². The van der Waals surface area contributed by atoms with Gasteiger partial charge in [0.2, 0.25) is 0 Å². The molecule has 0 bridgehead atoms. The van der Waals surface area contributed by atoms with Crippen LogP contribution in [0.15, 0.2) is 28.7 Å². The van der Waals surface area contributed by atoms with Crippen LogP contribution in [0.4, 0.5) is 0 Å². The summed E-state index contributed by atoms with van der Waals surface area (Å²) in [4.78, 5) is 0. The minimum absolute atomic E-state index is 0.715. The molecule has 2 atom stereocenters. The number of nitrogens with one attached hydrogen (secondary N) is 1. The summed E-state index contributed by atoms with van der Waals surface area (Å²) < 4.78 is 1.26. The minimum Gasteiger partial charge on any atom is -0.316 e. The molecule has 0 aromatic heterocycles. The molecule has 14 heavy (non-hydrogen) atoms. The van der Waals surface area contributed by atoms with Crippen molar-refractivity contribution in [2.24, 2.45) is 5.92 Å². The third-order valence-electron chi connectivity index (χ3n) is 3.09. The van der Waals surface area contributed by atoms with Crippen LogP contribution in [-0.2, 0) is 0 Å². The van der Waals surface area contributed by atoms with Crippen LogP contribution >= 0.6 is 15.9 Å². The van der Waals surface area contributed by atoms with Gasteiger partial charge in [0.15, 0.2) is 0 Å². The Kier molecular flexibility index (Phi) is 3.24. The second kappa shape index (κ2) is 4.45. The van der Waals surface area contributed by atoms with E-state index in [9.17, 15) is 0 Å². The van der Waals surface area contributed by atoms with Crippen LogP contribution in [0.1, 0.15) is 24.8 Å². The van der Waals surface area contributed by atoms with Crippen LogP contribution < -0.4 is 5.32 Å². The average Bonchev–Trinajstić information content (AvgIpc) is 2.20. The highest BCUT2D eigenvalue weighted by atomic mass is 79.9. The predicted molar refractivity (Wildman–Crippen MR) is 63.5 cm³/mol. The Morgan fingerprint density at radius 2 is 2.14 bits per heavy atom. The van der Waals surface area contributed by atoms with Crippen molar-refractivity contribution in [1.29, 1.82) is 0 Å². The topological polar surface area (TPSA) is 12.0 Å². The first-order chi connectivity index (χ1) is 6.79. The molecule has 2 unspecified atom stereocenters. The first kappa shape index (κ1) is 10.2. The second-order valence-corrected chi connectivity index (χ2v) is 4.95. The fourth-order valence-electron chi connectivity index (χ4n) is 2.25. The maximum Gasteiger partial charge on any atom is 0.0210 e. The van der Waals surface area contributed by atoms with Crippen molar-refractivity contribution >= 4 is 15.9 Å². The fraction of sp³-hybridized carbons (Fsp3) is 0.500. The van der Waals surface area contributed by atoms with Gasteiger partial charge in [0.1, 0.15) is 0 Å². The number of piperidine rings is 1. The minimum atomic E-state index is 0.715. The van der Waals surface area contributed by atoms with Gasteiger partial charge in [0.05, 0.1) is 0 Å². The van der Waals surface area contributed by atoms with E-state index < -0.39 is 0 Å². The summed E-state index contributed by atoms with van der Waals surface area (Å²) in [5, 5.41) is 3.44. The molecule has 1 N–H and O–H groups in total. The van der Waals surface area contributed by atoms with Crippen molar-refractivity contribution in [3.8, 4) is 0 Å². The van der Waals surface area contributed by atoms with Gasteiger partial charge >= 0.3 is 0 Å². The summed E-state index contributed by atoms with van der Waals surface area (Å²) in [7, 11) is 0. The lowest BCUT2D eigenvalue weighted by molar-refractivity contribution is 0.349. The monoisotopic (exact) mass is 253 g/mol. The van der Waals surface area contributed by atoms with Crippen molar-refractivity contribution in [3.63, 3.8) is 0 Å². The summed E-state index contributed by atoms with van der Waals surface area (Å²) in [5.74, 6) is 1.45. The van der Waals surface area contributed by atoms with E-state index in [-0.39, 0.29) is 0 Å². The van der Waals surface area contributed by atoms with Crippen molar-refractivity contribution in [3.05, 3.63) is 34.3 Å². The molecule has 1 aromatic rings. The standard InChI is InChI=1S/C12H16BrN/c1-9-8-14-7-6-10(9)11-4-2-3-5-12(11)13/h2-5,9-10,14H,6-8H2,1H3. The van der Waals surface area contributed by atoms with Crippen molar-refractivity contribution in [1.82, 2.24) is 5.32 Å². The van der Waals surface area contributed by atoms with E-state index in [1.54, 1.807) is 0 Å². The third-order valence-corrected chi connectivity index (χ3v) is 3.81. The zero-order chi connectivity index (χ0) is 9.97. The molecule has 0 spiro atoms. The lowest BCUT2D eigenvalue weighted by atomic mass is 9.82. The van der Waals surface area contributed by atoms with E-state index in [1.807, 2.05) is 0 Å². The quantitative estimate of drug-likeness (QED) is 0.811. The van der Waals surface area contributed by atoms with Crippen LogP contribution in [0.2, 0.25) is 0 Å². The molecule has 1 aliphatic heterocycles. The first-order valence-electron chi connectivity index (χ1n) is 5.24. The van der Waals surface area contributed by atoms with E-state index in [1.165, 1.54) is 16.5 Å². The van der Waals surface area contributed by atoms with E-state index in [4.69, 9.17) is 0 Å². The normalized spacial score (nSPS) is 27.6. The lowest BCUT2D eigenvalue weighted by Crippen LogP contribution is -2.33. The van der Waals surface area contributed by atoms with Crippen LogP contribution in [0.3, 0.4) is 0 Å². The maximum absolute atomic E-state index is 3.64. The molecule has 2 rings (SSSR count). The van der Waals surface area contributed by atoms with Gasteiger partial charge < -0.3 is 5.32 Å². The summed E-state index contributed by atoms with van der Waals surface area (Å²) in [6.45, 7) is 4.62. The molecule has 1 heterocycles. The molecule has 1 nitrogen and oxygen atoms in total. The Hall–Kier alpha value is -0.340. The fourth-order valence-corrected chi connectivity index (χ4v) is 2.83. The molecule has 0 saturated carbocycles. The number of benzene rings is 1. The van der Waals surface area contributed by atoms with Crippen LogP contribution in [0.25, 0.3) is 0 Å². The largest absolute Gasteiger partial charge is 0.316 e. The Balaban J connectivity index is 2.25. The predicted octanol–water partition coefficient (Wildman–Crippen LogP) is 3.16. The highest BCUT2D eigenvalue weighted by Gasteiger charge is 2.23. The zero-order valence-corrected chi connectivity index (χ0v) is 10.0. The number of hydrogen-bond acceptors (Lipinski definition) is 1. The smallest absolute Gasteiger partial charge is 0.0210 e. The molecule has 1 saturated heterocycles. The Bertz CT molecular complexity index is 311. The van der Waals surface area contributed by atoms with Crippen molar-refractivity contribution in [2.45, 2.75) is 19.3 Å². The second-order valence-electron chi connectivity index (χ2n) is 4.10. The first-order valence-corrected chi connectivity index (χ1v) is 6.03. The summed E-state index contributed by atoms with van der Waals surface area (Å²) >= 11 is 3.64. The van der Waals surface area contributed by atoms with E-state index in [2.05, 4.69) is 52.4 Å². The average molecular weight is 254 g/mol. The molecule has 0 aliphatic carbocycles. The lowest BCUT2D eigenvalue weighted by Gasteiger charge is -2.30. The van der Waals surface area contributed by atoms with Gasteiger partial charge in [-0.1, -0.05) is 41.1 Å². The Labute approximate surface area is 94.0 Å². The molecular weight excluding hydrogens is 238 g/mol. The molecule has 76 valence electrons. The number of halogens is 1. The molecule has 1 fully saturated rings. The van der Waals surface area contributed by atoms with Gasteiger partial charge in [-0.15, -0.1) is 0 Å². The molecule has 1 aromatic carbocycles. The SMILES string of the molecule is CC1CNCCC1c1ccccc1Br. The van der Waals surface area contributed by atoms with Crippen molar-refractivity contribution < 1.29 is 0 Å². The van der Waals surface area contributed by atoms with Gasteiger partial charge in [0, 0.05) is 4.47 Å². The summed E-state index contributed by atoms with van der Waals surface area (Å²) in [5.41, 5.74) is 1.47.